The molecule has 1 N–H and O–H groups in total. The quantitative estimate of drug-likeness (QED) is 0.603. The second-order valence-electron chi connectivity index (χ2n) is 7.04. The van der Waals surface area contributed by atoms with Gasteiger partial charge in [-0.15, -0.1) is 0 Å². The topological polar surface area (TPSA) is 24.4 Å². The SMILES string of the molecule is CC.Cc1ccc2c(c1)C(C1=CC(N[C@@H](C)c3ccccc3)=CCC=C1)C=N2.[HH]. The maximum Gasteiger partial charge on any atom is 0.0668 e. The standard InChI is InChI=1S/C24H24N2.C2H6.H2/c1-17-12-13-24-22(14-17)23(16-25-24)20-10-6-7-11-21(15-20)26-18(2)19-8-4-3-5-9-19;1-2;/h3-6,8-16,18,23,26H,7H2,1-2H3;1-2H3;1H/t18-,23?;;/m0../s1. The predicted molar refractivity (Wildman–Crippen MR) is 123 cm³/mol. The lowest BCUT2D eigenvalue weighted by Crippen LogP contribution is -2.17. The number of fused-ring (bicyclic) bond motifs is 1. The molecule has 1 aliphatic heterocycles. The van der Waals surface area contributed by atoms with E-state index in [1.165, 1.54) is 28.0 Å². The molecule has 28 heavy (non-hydrogen) atoms. The first-order chi connectivity index (χ1) is 13.7. The van der Waals surface area contributed by atoms with Crippen LogP contribution in [-0.2, 0) is 0 Å². The molecule has 2 aromatic carbocycles. The van der Waals surface area contributed by atoms with E-state index in [9.17, 15) is 0 Å². The minimum Gasteiger partial charge on any atom is -0.379 e. The van der Waals surface area contributed by atoms with Crippen molar-refractivity contribution in [3.05, 3.63) is 101 Å². The summed E-state index contributed by atoms with van der Waals surface area (Å²) < 4.78 is 0. The lowest BCUT2D eigenvalue weighted by atomic mass is 9.91. The van der Waals surface area contributed by atoms with Crippen molar-refractivity contribution in [2.24, 2.45) is 4.99 Å². The third-order valence-corrected chi connectivity index (χ3v) is 5.03. The molecule has 0 amide bonds. The largest absolute Gasteiger partial charge is 0.379 e. The number of hydrogen-bond acceptors (Lipinski definition) is 2. The lowest BCUT2D eigenvalue weighted by Gasteiger charge is -2.18. The van der Waals surface area contributed by atoms with E-state index in [0.29, 0.717) is 0 Å². The molecule has 2 aliphatic rings. The zero-order valence-electron chi connectivity index (χ0n) is 17.3. The van der Waals surface area contributed by atoms with Gasteiger partial charge in [-0.25, -0.2) is 0 Å². The molecule has 0 saturated heterocycles. The molecule has 0 fully saturated rings. The normalized spacial score (nSPS) is 18.2. The first-order valence-electron chi connectivity index (χ1n) is 10.3. The number of aryl methyl sites for hydroxylation is 1. The molecule has 0 radical (unpaired) electrons. The Hall–Kier alpha value is -2.87. The molecule has 1 unspecified atom stereocenters. The summed E-state index contributed by atoms with van der Waals surface area (Å²) in [6.07, 6.45) is 12.0. The van der Waals surface area contributed by atoms with Crippen LogP contribution in [0.15, 0.2) is 89.1 Å². The van der Waals surface area contributed by atoms with E-state index in [1.54, 1.807) is 0 Å². The summed E-state index contributed by atoms with van der Waals surface area (Å²) in [6, 6.07) is 17.3. The van der Waals surface area contributed by atoms with Crippen molar-refractivity contribution < 1.29 is 1.43 Å². The molecule has 2 heteroatoms. The van der Waals surface area contributed by atoms with Gasteiger partial charge in [0, 0.05) is 25.3 Å². The minimum atomic E-state index is 0. The second kappa shape index (κ2) is 9.36. The van der Waals surface area contributed by atoms with Gasteiger partial charge in [0.15, 0.2) is 0 Å². The highest BCUT2D eigenvalue weighted by atomic mass is 14.9. The van der Waals surface area contributed by atoms with Crippen molar-refractivity contribution >= 4 is 11.9 Å². The van der Waals surface area contributed by atoms with Gasteiger partial charge in [-0.3, -0.25) is 4.99 Å². The highest BCUT2D eigenvalue weighted by Gasteiger charge is 2.22. The number of rotatable bonds is 4. The van der Waals surface area contributed by atoms with E-state index in [1.807, 2.05) is 13.8 Å². The number of benzene rings is 2. The molecule has 4 rings (SSSR count). The van der Waals surface area contributed by atoms with Gasteiger partial charge < -0.3 is 5.32 Å². The first kappa shape index (κ1) is 19.9. The minimum absolute atomic E-state index is 0. The van der Waals surface area contributed by atoms with Crippen LogP contribution in [-0.4, -0.2) is 6.21 Å². The van der Waals surface area contributed by atoms with Crippen LogP contribution in [0.3, 0.4) is 0 Å². The van der Waals surface area contributed by atoms with Crippen LogP contribution >= 0.6 is 0 Å². The number of hydrogen-bond donors (Lipinski definition) is 1. The fourth-order valence-corrected chi connectivity index (χ4v) is 3.60. The van der Waals surface area contributed by atoms with Crippen LogP contribution in [0.5, 0.6) is 0 Å². The molecule has 2 aromatic rings. The van der Waals surface area contributed by atoms with Crippen molar-refractivity contribution in [1.82, 2.24) is 5.32 Å². The molecular weight excluding hydrogens is 340 g/mol. The Labute approximate surface area is 170 Å². The molecule has 1 heterocycles. The highest BCUT2D eigenvalue weighted by molar-refractivity contribution is 5.85. The van der Waals surface area contributed by atoms with Gasteiger partial charge in [-0.1, -0.05) is 80.1 Å². The maximum absolute atomic E-state index is 4.62. The van der Waals surface area contributed by atoms with Crippen LogP contribution < -0.4 is 5.32 Å². The smallest absolute Gasteiger partial charge is 0.0668 e. The zero-order chi connectivity index (χ0) is 19.9. The van der Waals surface area contributed by atoms with E-state index in [4.69, 9.17) is 0 Å². The fourth-order valence-electron chi connectivity index (χ4n) is 3.60. The Morgan fingerprint density at radius 1 is 1.11 bits per heavy atom. The molecule has 1 aliphatic carbocycles. The Bertz CT molecular complexity index is 923. The fraction of sp³-hybridized carbons (Fsp3) is 0.269. The zero-order valence-corrected chi connectivity index (χ0v) is 17.3. The number of allylic oxidation sites excluding steroid dienone is 5. The van der Waals surface area contributed by atoms with Gasteiger partial charge in [0.2, 0.25) is 0 Å². The Balaban J connectivity index is 0.000000970. The van der Waals surface area contributed by atoms with Crippen LogP contribution in [0.25, 0.3) is 0 Å². The summed E-state index contributed by atoms with van der Waals surface area (Å²) >= 11 is 0. The summed E-state index contributed by atoms with van der Waals surface area (Å²) in [5.41, 5.74) is 7.44. The van der Waals surface area contributed by atoms with Gasteiger partial charge in [0.05, 0.1) is 5.69 Å². The van der Waals surface area contributed by atoms with Crippen molar-refractivity contribution in [3.8, 4) is 0 Å². The first-order valence-corrected chi connectivity index (χ1v) is 10.3. The Morgan fingerprint density at radius 3 is 2.68 bits per heavy atom. The van der Waals surface area contributed by atoms with Crippen molar-refractivity contribution in [2.75, 3.05) is 0 Å². The molecule has 0 spiro atoms. The van der Waals surface area contributed by atoms with Gasteiger partial charge >= 0.3 is 0 Å². The molecule has 2 atom stereocenters. The monoisotopic (exact) mass is 372 g/mol. The highest BCUT2D eigenvalue weighted by Crippen LogP contribution is 2.38. The van der Waals surface area contributed by atoms with E-state index in [2.05, 4.69) is 103 Å². The summed E-state index contributed by atoms with van der Waals surface area (Å²) in [5.74, 6) is 0.233. The lowest BCUT2D eigenvalue weighted by molar-refractivity contribution is 0.663. The van der Waals surface area contributed by atoms with Gasteiger partial charge in [0.1, 0.15) is 0 Å². The van der Waals surface area contributed by atoms with Crippen LogP contribution in [0.4, 0.5) is 5.69 Å². The van der Waals surface area contributed by atoms with Crippen LogP contribution in [0, 0.1) is 6.92 Å². The van der Waals surface area contributed by atoms with Crippen LogP contribution in [0.1, 0.15) is 57.3 Å². The molecule has 0 saturated carbocycles. The summed E-state index contributed by atoms with van der Waals surface area (Å²) in [6.45, 7) is 8.35. The van der Waals surface area contributed by atoms with Crippen molar-refractivity contribution in [2.45, 2.75) is 46.1 Å². The van der Waals surface area contributed by atoms with Crippen molar-refractivity contribution in [3.63, 3.8) is 0 Å². The van der Waals surface area contributed by atoms with E-state index < -0.39 is 0 Å². The van der Waals surface area contributed by atoms with Gasteiger partial charge in [-0.05, 0) is 49.1 Å². The number of aliphatic imine (C=N–C) groups is 1. The van der Waals surface area contributed by atoms with E-state index in [-0.39, 0.29) is 13.4 Å². The molecular formula is C26H32N2. The molecule has 2 nitrogen and oxygen atoms in total. The van der Waals surface area contributed by atoms with Gasteiger partial charge in [-0.2, -0.15) is 0 Å². The average molecular weight is 373 g/mol. The van der Waals surface area contributed by atoms with Crippen molar-refractivity contribution in [1.29, 1.82) is 0 Å². The summed E-state index contributed by atoms with van der Waals surface area (Å²) in [5, 5.41) is 3.66. The van der Waals surface area contributed by atoms with Crippen LogP contribution in [0.2, 0.25) is 0 Å². The average Bonchev–Trinajstić information content (AvgIpc) is 3.01. The third kappa shape index (κ3) is 4.51. The van der Waals surface area contributed by atoms with Gasteiger partial charge in [0.25, 0.3) is 0 Å². The summed E-state index contributed by atoms with van der Waals surface area (Å²) in [7, 11) is 0. The second-order valence-corrected chi connectivity index (χ2v) is 7.04. The Morgan fingerprint density at radius 2 is 1.89 bits per heavy atom. The number of nitrogens with one attached hydrogen (secondary N) is 1. The molecule has 0 aromatic heterocycles. The van der Waals surface area contributed by atoms with E-state index >= 15 is 0 Å². The maximum atomic E-state index is 4.62. The number of nitrogens with zero attached hydrogens (tertiary/aromatic N) is 1. The predicted octanol–water partition coefficient (Wildman–Crippen LogP) is 7.19. The molecule has 0 bridgehead atoms. The van der Waals surface area contributed by atoms with E-state index in [0.717, 1.165) is 12.1 Å². The molecule has 146 valence electrons. The summed E-state index contributed by atoms with van der Waals surface area (Å²) in [4.78, 5) is 4.62. The third-order valence-electron chi connectivity index (χ3n) is 5.03. The Kier molecular flexibility index (Phi) is 6.65.